The lowest BCUT2D eigenvalue weighted by molar-refractivity contribution is 1.58. The van der Waals surface area contributed by atoms with E-state index in [0.717, 1.165) is 0 Å². The third kappa shape index (κ3) is 6.38. The summed E-state index contributed by atoms with van der Waals surface area (Å²) in [7, 11) is 0. The molecule has 262 valence electrons. The third-order valence-electron chi connectivity index (χ3n) is 11.0. The molecule has 0 aliphatic rings. The van der Waals surface area contributed by atoms with Gasteiger partial charge in [-0.25, -0.2) is 0 Å². The van der Waals surface area contributed by atoms with Crippen molar-refractivity contribution in [2.45, 2.75) is 0 Å². The summed E-state index contributed by atoms with van der Waals surface area (Å²) >= 11 is 0. The van der Waals surface area contributed by atoms with Crippen LogP contribution >= 0.6 is 0 Å². The molecule has 10 rings (SSSR count). The fourth-order valence-corrected chi connectivity index (χ4v) is 8.23. The summed E-state index contributed by atoms with van der Waals surface area (Å²) in [5.41, 5.74) is 14.6. The second kappa shape index (κ2) is 14.5. The molecule has 0 N–H and O–H groups in total. The zero-order chi connectivity index (χ0) is 37.3. The van der Waals surface area contributed by atoms with Crippen LogP contribution in [-0.2, 0) is 0 Å². The molecule has 0 bridgehead atoms. The summed E-state index contributed by atoms with van der Waals surface area (Å²) in [6.07, 6.45) is 4.41. The summed E-state index contributed by atoms with van der Waals surface area (Å²) in [4.78, 5) is 0. The quantitative estimate of drug-likeness (QED) is 0.114. The van der Waals surface area contributed by atoms with Gasteiger partial charge >= 0.3 is 0 Å². The highest BCUT2D eigenvalue weighted by molar-refractivity contribution is 6.21. The molecule has 0 saturated carbocycles. The third-order valence-corrected chi connectivity index (χ3v) is 11.0. The first-order valence-electron chi connectivity index (χ1n) is 19.3. The second-order valence-electron chi connectivity index (χ2n) is 14.5. The Morgan fingerprint density at radius 3 is 1.11 bits per heavy atom. The van der Waals surface area contributed by atoms with Crippen molar-refractivity contribution in [2.75, 3.05) is 0 Å². The maximum Gasteiger partial charge on any atom is -0.00259 e. The minimum atomic E-state index is 1.17. The van der Waals surface area contributed by atoms with Crippen LogP contribution in [0.1, 0.15) is 11.1 Å². The minimum Gasteiger partial charge on any atom is -0.0622 e. The summed E-state index contributed by atoms with van der Waals surface area (Å²) in [5, 5.41) is 7.54. The van der Waals surface area contributed by atoms with E-state index in [1.54, 1.807) is 0 Å². The van der Waals surface area contributed by atoms with Crippen LogP contribution in [0.5, 0.6) is 0 Å². The Morgan fingerprint density at radius 2 is 0.589 bits per heavy atom. The molecule has 0 fully saturated rings. The van der Waals surface area contributed by atoms with E-state index in [1.807, 2.05) is 0 Å². The fourth-order valence-electron chi connectivity index (χ4n) is 8.23. The highest BCUT2D eigenvalue weighted by Crippen LogP contribution is 2.45. The van der Waals surface area contributed by atoms with Gasteiger partial charge in [0, 0.05) is 0 Å². The van der Waals surface area contributed by atoms with E-state index >= 15 is 0 Å². The predicted molar refractivity (Wildman–Crippen MR) is 242 cm³/mol. The smallest absolute Gasteiger partial charge is 0.00259 e. The van der Waals surface area contributed by atoms with Crippen molar-refractivity contribution in [2.24, 2.45) is 0 Å². The van der Waals surface area contributed by atoms with Crippen LogP contribution in [0.2, 0.25) is 0 Å². The monoisotopic (exact) mass is 710 g/mol. The Morgan fingerprint density at radius 1 is 0.214 bits per heavy atom. The summed E-state index contributed by atoms with van der Waals surface area (Å²) in [6, 6.07) is 79.4. The largest absolute Gasteiger partial charge is 0.0622 e. The average molecular weight is 711 g/mol. The van der Waals surface area contributed by atoms with Gasteiger partial charge in [0.1, 0.15) is 0 Å². The van der Waals surface area contributed by atoms with Gasteiger partial charge in [0.15, 0.2) is 0 Å². The molecule has 0 heteroatoms. The van der Waals surface area contributed by atoms with Gasteiger partial charge in [0.2, 0.25) is 0 Å². The highest BCUT2D eigenvalue weighted by Gasteiger charge is 2.18. The first-order chi connectivity index (χ1) is 27.7. The lowest BCUT2D eigenvalue weighted by atomic mass is 9.84. The normalized spacial score (nSPS) is 11.5. The Labute approximate surface area is 328 Å². The molecule has 0 atom stereocenters. The Bertz CT molecular complexity index is 2910. The van der Waals surface area contributed by atoms with Crippen molar-refractivity contribution in [3.63, 3.8) is 0 Å². The molecule has 0 unspecified atom stereocenters. The Kier molecular flexibility index (Phi) is 8.63. The topological polar surface area (TPSA) is 0 Å². The van der Waals surface area contributed by atoms with Crippen LogP contribution in [0.4, 0.5) is 0 Å². The van der Waals surface area contributed by atoms with E-state index in [0.29, 0.717) is 0 Å². The van der Waals surface area contributed by atoms with Crippen molar-refractivity contribution in [3.8, 4) is 55.6 Å². The molecule has 10 aromatic carbocycles. The maximum atomic E-state index is 2.37. The van der Waals surface area contributed by atoms with Gasteiger partial charge in [0.05, 0.1) is 0 Å². The number of hydrogen-bond donors (Lipinski definition) is 0. The van der Waals surface area contributed by atoms with Crippen LogP contribution in [0.15, 0.2) is 218 Å². The summed E-state index contributed by atoms with van der Waals surface area (Å²) < 4.78 is 0. The molecule has 10 aromatic rings. The second-order valence-corrected chi connectivity index (χ2v) is 14.5. The molecule has 0 nitrogen and oxygen atoms in total. The number of hydrogen-bond acceptors (Lipinski definition) is 0. The Hall–Kier alpha value is -7.28. The maximum absolute atomic E-state index is 2.37. The molecule has 0 heterocycles. The van der Waals surface area contributed by atoms with Crippen LogP contribution in [-0.4, -0.2) is 0 Å². The summed E-state index contributed by atoms with van der Waals surface area (Å²) in [5.74, 6) is 0. The van der Waals surface area contributed by atoms with E-state index in [1.165, 1.54) is 99.1 Å². The van der Waals surface area contributed by atoms with E-state index in [4.69, 9.17) is 0 Å². The van der Waals surface area contributed by atoms with E-state index < -0.39 is 0 Å². The number of rotatable bonds is 7. The van der Waals surface area contributed by atoms with Gasteiger partial charge in [0.25, 0.3) is 0 Å². The molecule has 0 spiro atoms. The molecule has 0 saturated heterocycles. The molecule has 0 amide bonds. The van der Waals surface area contributed by atoms with Crippen molar-refractivity contribution in [1.82, 2.24) is 0 Å². The Balaban J connectivity index is 1.02. The summed E-state index contributed by atoms with van der Waals surface area (Å²) in [6.45, 7) is 0. The van der Waals surface area contributed by atoms with Crippen LogP contribution in [0.3, 0.4) is 0 Å². The number of fused-ring (bicyclic) bond motifs is 3. The highest BCUT2D eigenvalue weighted by atomic mass is 14.2. The molecule has 0 aliphatic carbocycles. The van der Waals surface area contributed by atoms with Crippen LogP contribution in [0.25, 0.3) is 100 Å². The van der Waals surface area contributed by atoms with Gasteiger partial charge < -0.3 is 0 Å². The first-order valence-corrected chi connectivity index (χ1v) is 19.3. The predicted octanol–water partition coefficient (Wildman–Crippen LogP) is 15.7. The van der Waals surface area contributed by atoms with Crippen LogP contribution in [0, 0.1) is 0 Å². The SMILES string of the molecule is C(=Cc1ccc(-c2c3ccccc3c(-c3cc(-c4ccccc4)cc(-c4ccccc4)c3)c3ccccc23)cc1)c1ccc(-c2ccc3ccccc3c2)cc1. The van der Waals surface area contributed by atoms with Gasteiger partial charge in [-0.15, -0.1) is 0 Å². The van der Waals surface area contributed by atoms with Crippen molar-refractivity contribution >= 4 is 44.5 Å². The van der Waals surface area contributed by atoms with Gasteiger partial charge in [-0.1, -0.05) is 206 Å². The molecule has 0 aliphatic heterocycles. The average Bonchev–Trinajstić information content (AvgIpc) is 3.28. The molecular formula is C56H38. The minimum absolute atomic E-state index is 1.17. The van der Waals surface area contributed by atoms with Gasteiger partial charge in [-0.2, -0.15) is 0 Å². The zero-order valence-electron chi connectivity index (χ0n) is 30.9. The molecule has 56 heavy (non-hydrogen) atoms. The lowest BCUT2D eigenvalue weighted by Gasteiger charge is -2.19. The molecule has 0 radical (unpaired) electrons. The standard InChI is InChI=1S/C56H38/c1-3-13-41(14-4-1)48-36-49(42-15-5-2-6-16-42)38-50(37-48)56-53-21-11-9-19-51(53)55(52-20-10-12-22-54(52)56)45-31-27-40(28-32-45)24-23-39-25-29-44(30-26-39)47-34-33-43-17-7-8-18-46(43)35-47/h1-38H. The van der Waals surface area contributed by atoms with Gasteiger partial charge in [-0.3, -0.25) is 0 Å². The van der Waals surface area contributed by atoms with Crippen LogP contribution < -0.4 is 0 Å². The zero-order valence-corrected chi connectivity index (χ0v) is 30.9. The number of benzene rings is 10. The van der Waals surface area contributed by atoms with Crippen molar-refractivity contribution in [3.05, 3.63) is 230 Å². The van der Waals surface area contributed by atoms with Crippen molar-refractivity contribution < 1.29 is 0 Å². The van der Waals surface area contributed by atoms with E-state index in [9.17, 15) is 0 Å². The van der Waals surface area contributed by atoms with E-state index in [2.05, 4.69) is 231 Å². The molecule has 0 aromatic heterocycles. The fraction of sp³-hybridized carbons (Fsp3) is 0. The first kappa shape index (κ1) is 33.3. The van der Waals surface area contributed by atoms with Gasteiger partial charge in [-0.05, 0) is 123 Å². The molecular weight excluding hydrogens is 673 g/mol. The van der Waals surface area contributed by atoms with Crippen molar-refractivity contribution in [1.29, 1.82) is 0 Å². The van der Waals surface area contributed by atoms with E-state index in [-0.39, 0.29) is 0 Å². The lowest BCUT2D eigenvalue weighted by Crippen LogP contribution is -1.92.